The van der Waals surface area contributed by atoms with Crippen LogP contribution >= 0.6 is 22.5 Å². The molecule has 8 heteroatoms. The largest absolute Gasteiger partial charge is 0.342 e. The Hall–Kier alpha value is 0.640. The maximum atomic E-state index is 12.5. The first-order chi connectivity index (χ1) is 8.30. The highest BCUT2D eigenvalue weighted by Crippen LogP contribution is 2.82. The number of rotatable bonds is 6. The number of hydrogen-bond donors (Lipinski definition) is 0. The molecule has 18 heavy (non-hydrogen) atoms. The van der Waals surface area contributed by atoms with Crippen LogP contribution in [0.15, 0.2) is 0 Å². The van der Waals surface area contributed by atoms with E-state index in [9.17, 15) is 9.13 Å². The van der Waals surface area contributed by atoms with E-state index >= 15 is 0 Å². The molecular formula is C10H23O5P3. The first-order valence-electron chi connectivity index (χ1n) is 6.35. The highest BCUT2D eigenvalue weighted by atomic mass is 31.3. The Morgan fingerprint density at radius 3 is 1.50 bits per heavy atom. The van der Waals surface area contributed by atoms with Gasteiger partial charge >= 0.3 is 15.2 Å². The van der Waals surface area contributed by atoms with Crippen molar-refractivity contribution in [3.05, 3.63) is 0 Å². The second-order valence-corrected chi connectivity index (χ2v) is 11.8. The first kappa shape index (κ1) is 16.7. The van der Waals surface area contributed by atoms with E-state index in [4.69, 9.17) is 12.9 Å². The molecule has 1 rings (SSSR count). The molecule has 0 aromatic rings. The van der Waals surface area contributed by atoms with Crippen molar-refractivity contribution < 1.29 is 22.1 Å². The Kier molecular flexibility index (Phi) is 5.93. The summed E-state index contributed by atoms with van der Waals surface area (Å²) in [5.74, 6) is 0. The highest BCUT2D eigenvalue weighted by Gasteiger charge is 2.47. The van der Waals surface area contributed by atoms with Crippen molar-refractivity contribution in [3.8, 4) is 0 Å². The Balaban J connectivity index is 3.03. The van der Waals surface area contributed by atoms with E-state index in [2.05, 4.69) is 6.30 Å². The van der Waals surface area contributed by atoms with Crippen molar-refractivity contribution in [2.45, 2.75) is 40.0 Å². The van der Waals surface area contributed by atoms with Crippen LogP contribution < -0.4 is 0 Å². The van der Waals surface area contributed by atoms with E-state index in [1.165, 1.54) is 0 Å². The van der Waals surface area contributed by atoms with Gasteiger partial charge in [-0.1, -0.05) is 27.1 Å². The Labute approximate surface area is 110 Å². The smallest absolute Gasteiger partial charge is 0.262 e. The lowest BCUT2D eigenvalue weighted by molar-refractivity contribution is 0.306. The molecular weight excluding hydrogens is 293 g/mol. The topological polar surface area (TPSA) is 61.8 Å². The summed E-state index contributed by atoms with van der Waals surface area (Å²) in [7, 11) is -9.20. The third-order valence-electron chi connectivity index (χ3n) is 2.35. The van der Waals surface area contributed by atoms with Crippen LogP contribution in [0, 0.1) is 0 Å². The molecule has 0 radical (unpaired) electrons. The van der Waals surface area contributed by atoms with Crippen LogP contribution in [0.2, 0.25) is 0 Å². The van der Waals surface area contributed by atoms with Crippen molar-refractivity contribution in [2.24, 2.45) is 0 Å². The lowest BCUT2D eigenvalue weighted by Gasteiger charge is -2.37. The molecule has 0 amide bonds. The molecule has 1 heterocycles. The minimum atomic E-state index is -3.32. The summed E-state index contributed by atoms with van der Waals surface area (Å²) >= 11 is 0. The normalized spacial score (nSPS) is 40.8. The van der Waals surface area contributed by atoms with E-state index in [0.29, 0.717) is 19.0 Å². The molecule has 1 aliphatic heterocycles. The van der Waals surface area contributed by atoms with Crippen molar-refractivity contribution in [2.75, 3.05) is 18.5 Å². The lowest BCUT2D eigenvalue weighted by Crippen LogP contribution is -2.10. The highest BCUT2D eigenvalue weighted by molar-refractivity contribution is 7.83. The van der Waals surface area contributed by atoms with Crippen molar-refractivity contribution >= 4 is 28.8 Å². The van der Waals surface area contributed by atoms with Crippen LogP contribution in [-0.4, -0.2) is 24.8 Å². The minimum Gasteiger partial charge on any atom is -0.262 e. The van der Waals surface area contributed by atoms with Crippen LogP contribution in [0.5, 0.6) is 0 Å². The van der Waals surface area contributed by atoms with Crippen LogP contribution in [-0.2, 0) is 22.1 Å². The number of hydrogen-bond acceptors (Lipinski definition) is 5. The molecule has 0 spiro atoms. The van der Waals surface area contributed by atoms with E-state index in [-0.39, 0.29) is 12.3 Å². The van der Waals surface area contributed by atoms with Gasteiger partial charge in [-0.3, -0.25) is 17.8 Å². The fourth-order valence-electron chi connectivity index (χ4n) is 1.82. The lowest BCUT2D eigenvalue weighted by atomic mass is 10.6. The molecule has 2 atom stereocenters. The predicted octanol–water partition coefficient (Wildman–Crippen LogP) is 4.95. The Morgan fingerprint density at radius 2 is 1.17 bits per heavy atom. The van der Waals surface area contributed by atoms with Gasteiger partial charge < -0.3 is 0 Å². The van der Waals surface area contributed by atoms with E-state index < -0.39 is 22.5 Å². The molecule has 108 valence electrons. The van der Waals surface area contributed by atoms with Crippen LogP contribution in [0.4, 0.5) is 0 Å². The fraction of sp³-hybridized carbons (Fsp3) is 0.900. The average Bonchev–Trinajstić information content (AvgIpc) is 2.14. The van der Waals surface area contributed by atoms with Gasteiger partial charge in [-0.15, -0.1) is 0 Å². The quantitative estimate of drug-likeness (QED) is 0.649. The van der Waals surface area contributed by atoms with Crippen LogP contribution in [0.1, 0.15) is 40.0 Å². The molecule has 0 aliphatic carbocycles. The molecule has 0 aromatic carbocycles. The monoisotopic (exact) mass is 316 g/mol. The molecule has 1 fully saturated rings. The SMILES string of the molecule is C=P1(CCC)OP(=O)(CCC)OP(=O)(CCC)O1. The third-order valence-corrected chi connectivity index (χ3v) is 11.8. The standard InChI is InChI=1S/C10H23O5P3/c1-5-8-16(4)13-17(11,9-6-2)15-18(12,14-16)10-7-3/h4-10H2,1-3H3. The van der Waals surface area contributed by atoms with Crippen LogP contribution in [0.25, 0.3) is 0 Å². The fourth-order valence-corrected chi connectivity index (χ4v) is 11.9. The average molecular weight is 316 g/mol. The van der Waals surface area contributed by atoms with E-state index in [0.717, 1.165) is 6.42 Å². The molecule has 5 nitrogen and oxygen atoms in total. The van der Waals surface area contributed by atoms with Gasteiger partial charge in [-0.25, -0.2) is 4.31 Å². The van der Waals surface area contributed by atoms with E-state index in [1.54, 1.807) is 0 Å². The molecule has 0 N–H and O–H groups in total. The van der Waals surface area contributed by atoms with Gasteiger partial charge in [0, 0.05) is 6.16 Å². The second kappa shape index (κ2) is 6.39. The molecule has 1 aliphatic rings. The summed E-state index contributed by atoms with van der Waals surface area (Å²) in [6.45, 7) is 5.73. The summed E-state index contributed by atoms with van der Waals surface area (Å²) < 4.78 is 41.3. The van der Waals surface area contributed by atoms with Gasteiger partial charge in [-0.05, 0) is 19.3 Å². The zero-order valence-electron chi connectivity index (χ0n) is 11.3. The Morgan fingerprint density at radius 1 is 0.778 bits per heavy atom. The van der Waals surface area contributed by atoms with Gasteiger partial charge in [0.2, 0.25) is 0 Å². The second-order valence-electron chi connectivity index (χ2n) is 4.45. The molecule has 0 bridgehead atoms. The summed E-state index contributed by atoms with van der Waals surface area (Å²) in [6, 6.07) is 0. The summed E-state index contributed by atoms with van der Waals surface area (Å²) in [4.78, 5) is 0. The maximum absolute atomic E-state index is 12.5. The summed E-state index contributed by atoms with van der Waals surface area (Å²) in [6.07, 6.45) is 7.09. The zero-order chi connectivity index (χ0) is 13.9. The first-order valence-corrected chi connectivity index (χ1v) is 11.8. The third kappa shape index (κ3) is 4.34. The molecule has 0 aromatic heterocycles. The molecule has 1 saturated heterocycles. The van der Waals surface area contributed by atoms with Crippen molar-refractivity contribution in [1.82, 2.24) is 0 Å². The van der Waals surface area contributed by atoms with Gasteiger partial charge in [0.15, 0.2) is 0 Å². The van der Waals surface area contributed by atoms with Crippen LogP contribution in [0.3, 0.4) is 0 Å². The van der Waals surface area contributed by atoms with Crippen molar-refractivity contribution in [3.63, 3.8) is 0 Å². The Bertz CT molecular complexity index is 340. The molecule has 2 unspecified atom stereocenters. The summed E-state index contributed by atoms with van der Waals surface area (Å²) in [5.41, 5.74) is 0. The van der Waals surface area contributed by atoms with E-state index in [1.807, 2.05) is 20.8 Å². The van der Waals surface area contributed by atoms with Gasteiger partial charge in [0.05, 0.1) is 12.3 Å². The van der Waals surface area contributed by atoms with Gasteiger partial charge in [0.1, 0.15) is 7.34 Å². The van der Waals surface area contributed by atoms with Crippen molar-refractivity contribution in [1.29, 1.82) is 0 Å². The predicted molar refractivity (Wildman–Crippen MR) is 78.0 cm³/mol. The minimum absolute atomic E-state index is 0.269. The van der Waals surface area contributed by atoms with Gasteiger partial charge in [0.25, 0.3) is 0 Å². The zero-order valence-corrected chi connectivity index (χ0v) is 14.0. The maximum Gasteiger partial charge on any atom is 0.342 e. The molecule has 0 saturated carbocycles. The summed E-state index contributed by atoms with van der Waals surface area (Å²) in [5, 5.41) is 0. The van der Waals surface area contributed by atoms with Gasteiger partial charge in [-0.2, -0.15) is 0 Å².